The van der Waals surface area contributed by atoms with Gasteiger partial charge in [0.15, 0.2) is 0 Å². The number of nitrogens with zero attached hydrogens (tertiary/aromatic N) is 2. The number of esters is 1. The predicted molar refractivity (Wildman–Crippen MR) is 116 cm³/mol. The highest BCUT2D eigenvalue weighted by molar-refractivity contribution is 5.93. The lowest BCUT2D eigenvalue weighted by molar-refractivity contribution is -0.148. The molecule has 1 heterocycles. The highest BCUT2D eigenvalue weighted by atomic mass is 16.5. The monoisotopic (exact) mass is 432 g/mol. The quantitative estimate of drug-likeness (QED) is 0.529. The van der Waals surface area contributed by atoms with Crippen LogP contribution >= 0.6 is 0 Å². The molecule has 2 rings (SSSR count). The fourth-order valence-electron chi connectivity index (χ4n) is 3.22. The molecule has 1 aromatic rings. The molecule has 1 aromatic carbocycles. The average molecular weight is 433 g/mol. The van der Waals surface area contributed by atoms with Gasteiger partial charge < -0.3 is 20.3 Å². The summed E-state index contributed by atoms with van der Waals surface area (Å²) in [4.78, 5) is 51.6. The second kappa shape index (κ2) is 12.0. The number of hydrogen-bond donors (Lipinski definition) is 2. The highest BCUT2D eigenvalue weighted by Gasteiger charge is 2.33. The standard InChI is InChI=1S/C22H32N4O5/c1-4-13-31-21(29)14-18-22(30)23-11-12-26(18)15-19(27)24-17-8-5-16(6-9-17)7-10-20(28)25(2)3/h5-6,8-9,18H,4,7,10-15H2,1-3H3,(H,23,30)(H,24,27). The third-order valence-corrected chi connectivity index (χ3v) is 4.98. The number of piperazine rings is 1. The molecular formula is C22H32N4O5. The number of nitrogens with one attached hydrogen (secondary N) is 2. The van der Waals surface area contributed by atoms with E-state index in [9.17, 15) is 19.2 Å². The van der Waals surface area contributed by atoms with E-state index in [1.807, 2.05) is 19.1 Å². The van der Waals surface area contributed by atoms with E-state index in [-0.39, 0.29) is 30.7 Å². The molecule has 1 atom stereocenters. The lowest BCUT2D eigenvalue weighted by Crippen LogP contribution is -2.57. The van der Waals surface area contributed by atoms with Gasteiger partial charge in [-0.05, 0) is 30.5 Å². The Bertz CT molecular complexity index is 779. The van der Waals surface area contributed by atoms with Gasteiger partial charge in [0.2, 0.25) is 17.7 Å². The Hall–Kier alpha value is -2.94. The Kier molecular flexibility index (Phi) is 9.45. The first-order valence-electron chi connectivity index (χ1n) is 10.6. The normalized spacial score (nSPS) is 16.4. The zero-order chi connectivity index (χ0) is 22.8. The Balaban J connectivity index is 1.88. The number of carbonyl (C=O) groups is 4. The zero-order valence-electron chi connectivity index (χ0n) is 18.5. The molecule has 0 bridgehead atoms. The summed E-state index contributed by atoms with van der Waals surface area (Å²) < 4.78 is 5.08. The molecule has 9 heteroatoms. The molecule has 0 spiro atoms. The van der Waals surface area contributed by atoms with Gasteiger partial charge in [-0.3, -0.25) is 24.1 Å². The van der Waals surface area contributed by atoms with Gasteiger partial charge in [-0.15, -0.1) is 0 Å². The van der Waals surface area contributed by atoms with Crippen molar-refractivity contribution in [1.82, 2.24) is 15.1 Å². The van der Waals surface area contributed by atoms with Gasteiger partial charge in [-0.25, -0.2) is 0 Å². The summed E-state index contributed by atoms with van der Waals surface area (Å²) in [6.07, 6.45) is 1.68. The summed E-state index contributed by atoms with van der Waals surface area (Å²) >= 11 is 0. The van der Waals surface area contributed by atoms with Gasteiger partial charge in [-0.2, -0.15) is 0 Å². The van der Waals surface area contributed by atoms with E-state index in [0.717, 1.165) is 5.56 Å². The van der Waals surface area contributed by atoms with Gasteiger partial charge in [0, 0.05) is 39.3 Å². The topological polar surface area (TPSA) is 108 Å². The Morgan fingerprint density at radius 3 is 2.58 bits per heavy atom. The molecule has 0 radical (unpaired) electrons. The lowest BCUT2D eigenvalue weighted by Gasteiger charge is -2.33. The van der Waals surface area contributed by atoms with E-state index in [2.05, 4.69) is 10.6 Å². The van der Waals surface area contributed by atoms with Crippen molar-refractivity contribution in [2.75, 3.05) is 45.7 Å². The van der Waals surface area contributed by atoms with Crippen LogP contribution in [0.5, 0.6) is 0 Å². The molecule has 0 saturated carbocycles. The SMILES string of the molecule is CCCOC(=O)CC1C(=O)NCCN1CC(=O)Nc1ccc(CCC(=O)N(C)C)cc1. The maximum Gasteiger partial charge on any atom is 0.307 e. The molecule has 2 N–H and O–H groups in total. The van der Waals surface area contributed by atoms with Gasteiger partial charge in [-0.1, -0.05) is 19.1 Å². The molecular weight excluding hydrogens is 400 g/mol. The number of amides is 3. The van der Waals surface area contributed by atoms with E-state index >= 15 is 0 Å². The molecule has 1 unspecified atom stereocenters. The molecule has 1 aliphatic heterocycles. The first-order valence-corrected chi connectivity index (χ1v) is 10.6. The van der Waals surface area contributed by atoms with E-state index in [0.29, 0.717) is 44.6 Å². The van der Waals surface area contributed by atoms with Crippen LogP contribution in [0.4, 0.5) is 5.69 Å². The molecule has 0 aliphatic carbocycles. The maximum atomic E-state index is 12.5. The molecule has 31 heavy (non-hydrogen) atoms. The average Bonchev–Trinajstić information content (AvgIpc) is 2.73. The van der Waals surface area contributed by atoms with Gasteiger partial charge in [0.25, 0.3) is 0 Å². The maximum absolute atomic E-state index is 12.5. The number of benzene rings is 1. The molecule has 1 fully saturated rings. The molecule has 1 aliphatic rings. The smallest absolute Gasteiger partial charge is 0.307 e. The summed E-state index contributed by atoms with van der Waals surface area (Å²) in [7, 11) is 3.46. The Morgan fingerprint density at radius 2 is 1.94 bits per heavy atom. The first kappa shape index (κ1) is 24.3. The zero-order valence-corrected chi connectivity index (χ0v) is 18.5. The van der Waals surface area contributed by atoms with Crippen molar-refractivity contribution in [2.24, 2.45) is 0 Å². The van der Waals surface area contributed by atoms with E-state index in [1.54, 1.807) is 36.0 Å². The largest absolute Gasteiger partial charge is 0.466 e. The fraction of sp³-hybridized carbons (Fsp3) is 0.545. The minimum absolute atomic E-state index is 0.00175. The molecule has 0 aromatic heterocycles. The van der Waals surface area contributed by atoms with Crippen molar-refractivity contribution in [2.45, 2.75) is 38.6 Å². The number of aryl methyl sites for hydroxylation is 1. The number of hydrogen-bond acceptors (Lipinski definition) is 6. The van der Waals surface area contributed by atoms with Crippen molar-refractivity contribution in [1.29, 1.82) is 0 Å². The Morgan fingerprint density at radius 1 is 1.23 bits per heavy atom. The van der Waals surface area contributed by atoms with Crippen molar-refractivity contribution < 1.29 is 23.9 Å². The van der Waals surface area contributed by atoms with Gasteiger partial charge >= 0.3 is 5.97 Å². The minimum atomic E-state index is -0.722. The third kappa shape index (κ3) is 8.01. The molecule has 170 valence electrons. The van der Waals surface area contributed by atoms with Crippen molar-refractivity contribution in [3.8, 4) is 0 Å². The highest BCUT2D eigenvalue weighted by Crippen LogP contribution is 2.14. The molecule has 9 nitrogen and oxygen atoms in total. The van der Waals surface area contributed by atoms with Crippen LogP contribution in [-0.2, 0) is 30.3 Å². The third-order valence-electron chi connectivity index (χ3n) is 4.98. The summed E-state index contributed by atoms with van der Waals surface area (Å²) in [6.45, 7) is 3.11. The number of carbonyl (C=O) groups excluding carboxylic acids is 4. The van der Waals surface area contributed by atoms with Crippen LogP contribution in [0, 0.1) is 0 Å². The van der Waals surface area contributed by atoms with Crippen molar-refractivity contribution in [3.63, 3.8) is 0 Å². The van der Waals surface area contributed by atoms with Gasteiger partial charge in [0.1, 0.15) is 6.04 Å². The summed E-state index contributed by atoms with van der Waals surface area (Å²) in [5, 5.41) is 5.55. The summed E-state index contributed by atoms with van der Waals surface area (Å²) in [5.74, 6) is -0.921. The van der Waals surface area contributed by atoms with E-state index < -0.39 is 12.0 Å². The van der Waals surface area contributed by atoms with Crippen LogP contribution in [0.15, 0.2) is 24.3 Å². The number of rotatable bonds is 10. The van der Waals surface area contributed by atoms with E-state index in [4.69, 9.17) is 4.74 Å². The summed E-state index contributed by atoms with van der Waals surface area (Å²) in [6, 6.07) is 6.60. The minimum Gasteiger partial charge on any atom is -0.466 e. The second-order valence-electron chi connectivity index (χ2n) is 7.74. The van der Waals surface area contributed by atoms with Crippen LogP contribution in [0.1, 0.15) is 31.7 Å². The molecule has 1 saturated heterocycles. The van der Waals surface area contributed by atoms with Crippen molar-refractivity contribution >= 4 is 29.4 Å². The van der Waals surface area contributed by atoms with E-state index in [1.165, 1.54) is 0 Å². The Labute approximate surface area is 183 Å². The van der Waals surface area contributed by atoms with Crippen LogP contribution in [0.25, 0.3) is 0 Å². The number of anilines is 1. The van der Waals surface area contributed by atoms with Crippen LogP contribution in [0.2, 0.25) is 0 Å². The van der Waals surface area contributed by atoms with Gasteiger partial charge in [0.05, 0.1) is 19.6 Å². The molecule has 3 amide bonds. The summed E-state index contributed by atoms with van der Waals surface area (Å²) in [5.41, 5.74) is 1.64. The second-order valence-corrected chi connectivity index (χ2v) is 7.74. The van der Waals surface area contributed by atoms with Crippen molar-refractivity contribution in [3.05, 3.63) is 29.8 Å². The van der Waals surface area contributed by atoms with Crippen LogP contribution < -0.4 is 10.6 Å². The van der Waals surface area contributed by atoms with Crippen LogP contribution in [0.3, 0.4) is 0 Å². The number of ether oxygens (including phenoxy) is 1. The fourth-order valence-corrected chi connectivity index (χ4v) is 3.22. The van der Waals surface area contributed by atoms with Crippen LogP contribution in [-0.4, -0.2) is 79.9 Å². The predicted octanol–water partition coefficient (Wildman–Crippen LogP) is 0.790. The first-order chi connectivity index (χ1) is 14.8. The lowest BCUT2D eigenvalue weighted by atomic mass is 10.1.